The zero-order valence-electron chi connectivity index (χ0n) is 10.7. The molecule has 0 bridgehead atoms. The SMILES string of the molecule is CCOc1cccc(/C=C(/C#N)c2ccccn2)c1. The van der Waals surface area contributed by atoms with Gasteiger partial charge in [-0.3, -0.25) is 4.98 Å². The number of nitriles is 1. The van der Waals surface area contributed by atoms with Gasteiger partial charge in [0.25, 0.3) is 0 Å². The molecule has 94 valence electrons. The Balaban J connectivity index is 2.33. The van der Waals surface area contributed by atoms with Crippen LogP contribution in [0.3, 0.4) is 0 Å². The highest BCUT2D eigenvalue weighted by Crippen LogP contribution is 2.19. The Morgan fingerprint density at radius 1 is 1.32 bits per heavy atom. The zero-order chi connectivity index (χ0) is 13.5. The molecule has 1 aromatic heterocycles. The van der Waals surface area contributed by atoms with Crippen LogP contribution < -0.4 is 4.74 Å². The zero-order valence-corrected chi connectivity index (χ0v) is 10.7. The molecule has 0 aliphatic carbocycles. The fraction of sp³-hybridized carbons (Fsp3) is 0.125. The van der Waals surface area contributed by atoms with Gasteiger partial charge >= 0.3 is 0 Å². The molecule has 3 heteroatoms. The summed E-state index contributed by atoms with van der Waals surface area (Å²) in [6.07, 6.45) is 3.49. The summed E-state index contributed by atoms with van der Waals surface area (Å²) < 4.78 is 5.44. The van der Waals surface area contributed by atoms with Crippen molar-refractivity contribution in [1.82, 2.24) is 4.98 Å². The van der Waals surface area contributed by atoms with Gasteiger partial charge < -0.3 is 4.74 Å². The average molecular weight is 250 g/mol. The standard InChI is InChI=1S/C16H14N2O/c1-2-19-15-7-5-6-13(11-15)10-14(12-17)16-8-3-4-9-18-16/h3-11H,2H2,1H3/b14-10-. The molecule has 0 aliphatic heterocycles. The van der Waals surface area contributed by atoms with Crippen molar-refractivity contribution >= 4 is 11.6 Å². The van der Waals surface area contributed by atoms with Crippen LogP contribution in [-0.4, -0.2) is 11.6 Å². The van der Waals surface area contributed by atoms with Crippen LogP contribution in [0.5, 0.6) is 5.75 Å². The summed E-state index contributed by atoms with van der Waals surface area (Å²) in [6, 6.07) is 15.3. The van der Waals surface area contributed by atoms with Crippen molar-refractivity contribution in [2.24, 2.45) is 0 Å². The Bertz CT molecular complexity index is 612. The quantitative estimate of drug-likeness (QED) is 0.779. The van der Waals surface area contributed by atoms with E-state index in [-0.39, 0.29) is 0 Å². The minimum atomic E-state index is 0.536. The number of ether oxygens (including phenoxy) is 1. The van der Waals surface area contributed by atoms with Crippen LogP contribution in [0.2, 0.25) is 0 Å². The minimum Gasteiger partial charge on any atom is -0.494 e. The first-order valence-corrected chi connectivity index (χ1v) is 6.09. The Kier molecular flexibility index (Phi) is 4.30. The number of hydrogen-bond acceptors (Lipinski definition) is 3. The number of aromatic nitrogens is 1. The number of pyridine rings is 1. The average Bonchev–Trinajstić information content (AvgIpc) is 2.46. The van der Waals surface area contributed by atoms with Gasteiger partial charge in [0.1, 0.15) is 11.8 Å². The summed E-state index contributed by atoms with van der Waals surface area (Å²) in [7, 11) is 0. The van der Waals surface area contributed by atoms with Crippen LogP contribution in [0.4, 0.5) is 0 Å². The van der Waals surface area contributed by atoms with Gasteiger partial charge in [-0.25, -0.2) is 0 Å². The second-order valence-electron chi connectivity index (χ2n) is 3.89. The minimum absolute atomic E-state index is 0.536. The van der Waals surface area contributed by atoms with Gasteiger partial charge in [0.15, 0.2) is 0 Å². The fourth-order valence-electron chi connectivity index (χ4n) is 1.71. The normalized spacial score (nSPS) is 10.8. The summed E-state index contributed by atoms with van der Waals surface area (Å²) in [6.45, 7) is 2.57. The molecule has 0 unspecified atom stereocenters. The van der Waals surface area contributed by atoms with E-state index in [0.717, 1.165) is 11.3 Å². The molecule has 19 heavy (non-hydrogen) atoms. The smallest absolute Gasteiger partial charge is 0.119 e. The number of nitrogens with zero attached hydrogens (tertiary/aromatic N) is 2. The van der Waals surface area contributed by atoms with E-state index < -0.39 is 0 Å². The molecule has 0 fully saturated rings. The third kappa shape index (κ3) is 3.43. The first kappa shape index (κ1) is 12.8. The van der Waals surface area contributed by atoms with Crippen LogP contribution >= 0.6 is 0 Å². The summed E-state index contributed by atoms with van der Waals surface area (Å²) in [5.41, 5.74) is 2.13. The monoisotopic (exact) mass is 250 g/mol. The third-order valence-electron chi connectivity index (χ3n) is 2.54. The Morgan fingerprint density at radius 3 is 2.89 bits per heavy atom. The maximum Gasteiger partial charge on any atom is 0.119 e. The van der Waals surface area contributed by atoms with Crippen LogP contribution in [0.1, 0.15) is 18.2 Å². The molecule has 1 aromatic carbocycles. The summed E-state index contributed by atoms with van der Waals surface area (Å²) >= 11 is 0. The van der Waals surface area contributed by atoms with E-state index in [0.29, 0.717) is 17.9 Å². The van der Waals surface area contributed by atoms with E-state index in [1.54, 1.807) is 6.20 Å². The maximum atomic E-state index is 9.22. The number of allylic oxidation sites excluding steroid dienone is 1. The highest BCUT2D eigenvalue weighted by atomic mass is 16.5. The molecule has 0 amide bonds. The van der Waals surface area contributed by atoms with E-state index in [9.17, 15) is 5.26 Å². The topological polar surface area (TPSA) is 45.9 Å². The number of hydrogen-bond donors (Lipinski definition) is 0. The summed E-state index contributed by atoms with van der Waals surface area (Å²) in [5, 5.41) is 9.22. The van der Waals surface area contributed by atoms with Gasteiger partial charge in [0, 0.05) is 6.20 Å². The van der Waals surface area contributed by atoms with Gasteiger partial charge in [0.05, 0.1) is 17.9 Å². The van der Waals surface area contributed by atoms with Crippen LogP contribution in [-0.2, 0) is 0 Å². The molecule has 0 aliphatic rings. The van der Waals surface area contributed by atoms with Crippen molar-refractivity contribution in [1.29, 1.82) is 5.26 Å². The van der Waals surface area contributed by atoms with Gasteiger partial charge in [0.2, 0.25) is 0 Å². The van der Waals surface area contributed by atoms with Crippen molar-refractivity contribution in [2.75, 3.05) is 6.61 Å². The predicted molar refractivity (Wildman–Crippen MR) is 75.3 cm³/mol. The molecular formula is C16H14N2O. The third-order valence-corrected chi connectivity index (χ3v) is 2.54. The van der Waals surface area contributed by atoms with Crippen molar-refractivity contribution < 1.29 is 4.74 Å². The van der Waals surface area contributed by atoms with Crippen LogP contribution in [0.15, 0.2) is 48.7 Å². The van der Waals surface area contributed by atoms with Gasteiger partial charge in [-0.15, -0.1) is 0 Å². The van der Waals surface area contributed by atoms with Crippen molar-refractivity contribution in [3.63, 3.8) is 0 Å². The molecule has 2 aromatic rings. The highest BCUT2D eigenvalue weighted by molar-refractivity contribution is 5.88. The van der Waals surface area contributed by atoms with E-state index >= 15 is 0 Å². The van der Waals surface area contributed by atoms with E-state index in [4.69, 9.17) is 4.74 Å². The predicted octanol–water partition coefficient (Wildman–Crippen LogP) is 3.54. The first-order chi connectivity index (χ1) is 9.33. The lowest BCUT2D eigenvalue weighted by Gasteiger charge is -2.04. The molecule has 3 nitrogen and oxygen atoms in total. The van der Waals surface area contributed by atoms with E-state index in [2.05, 4.69) is 11.1 Å². The van der Waals surface area contributed by atoms with Crippen LogP contribution in [0, 0.1) is 11.3 Å². The molecule has 2 rings (SSSR count). The lowest BCUT2D eigenvalue weighted by Crippen LogP contribution is -1.91. The van der Waals surface area contributed by atoms with Crippen molar-refractivity contribution in [3.8, 4) is 11.8 Å². The molecule has 0 N–H and O–H groups in total. The maximum absolute atomic E-state index is 9.22. The Morgan fingerprint density at radius 2 is 2.21 bits per heavy atom. The number of benzene rings is 1. The number of rotatable bonds is 4. The Hall–Kier alpha value is -2.60. The summed E-state index contributed by atoms with van der Waals surface area (Å²) in [5.74, 6) is 0.801. The molecule has 0 saturated carbocycles. The molecule has 0 radical (unpaired) electrons. The van der Waals surface area contributed by atoms with Gasteiger partial charge in [-0.05, 0) is 42.8 Å². The second kappa shape index (κ2) is 6.36. The van der Waals surface area contributed by atoms with E-state index in [1.165, 1.54) is 0 Å². The molecule has 1 heterocycles. The second-order valence-corrected chi connectivity index (χ2v) is 3.89. The highest BCUT2D eigenvalue weighted by Gasteiger charge is 2.02. The van der Waals surface area contributed by atoms with Crippen molar-refractivity contribution in [2.45, 2.75) is 6.92 Å². The molecular weight excluding hydrogens is 236 g/mol. The Labute approximate surface area is 112 Å². The first-order valence-electron chi connectivity index (χ1n) is 6.09. The van der Waals surface area contributed by atoms with Crippen molar-refractivity contribution in [3.05, 3.63) is 59.9 Å². The van der Waals surface area contributed by atoms with E-state index in [1.807, 2.05) is 55.5 Å². The van der Waals surface area contributed by atoms with Gasteiger partial charge in [-0.2, -0.15) is 5.26 Å². The lowest BCUT2D eigenvalue weighted by atomic mass is 10.1. The molecule has 0 spiro atoms. The summed E-state index contributed by atoms with van der Waals surface area (Å²) in [4.78, 5) is 4.18. The lowest BCUT2D eigenvalue weighted by molar-refractivity contribution is 0.340. The molecule has 0 saturated heterocycles. The largest absolute Gasteiger partial charge is 0.494 e. The molecule has 0 atom stereocenters. The van der Waals surface area contributed by atoms with Crippen LogP contribution in [0.25, 0.3) is 11.6 Å². The fourth-order valence-corrected chi connectivity index (χ4v) is 1.71. The van der Waals surface area contributed by atoms with Gasteiger partial charge in [-0.1, -0.05) is 18.2 Å².